The Morgan fingerprint density at radius 1 is 1.03 bits per heavy atom. The highest BCUT2D eigenvalue weighted by molar-refractivity contribution is 9.10. The summed E-state index contributed by atoms with van der Waals surface area (Å²) >= 11 is 3.51. The molecule has 0 bridgehead atoms. The van der Waals surface area contributed by atoms with Crippen molar-refractivity contribution >= 4 is 27.7 Å². The van der Waals surface area contributed by atoms with Crippen LogP contribution < -0.4 is 4.90 Å². The molecule has 1 aliphatic heterocycles. The number of aromatic nitrogens is 2. The lowest BCUT2D eigenvalue weighted by Crippen LogP contribution is -2.47. The smallest absolute Gasteiger partial charge is 0.254 e. The number of likely N-dealkylation sites (N-methyl/N-ethyl adjacent to an activating group) is 1. The molecule has 0 aliphatic carbocycles. The second kappa shape index (κ2) is 11.2. The third kappa shape index (κ3) is 5.36. The zero-order chi connectivity index (χ0) is 24.1. The fourth-order valence-corrected chi connectivity index (χ4v) is 5.00. The van der Waals surface area contributed by atoms with Gasteiger partial charge in [-0.15, -0.1) is 0 Å². The summed E-state index contributed by atoms with van der Waals surface area (Å²) in [6, 6.07) is 18.0. The SMILES string of the molecule is CCCN(Cc1c(C)nn(-c2ccccc2)c1N1CCN(CC)CC1)C(=O)c1cccc(Br)c1. The summed E-state index contributed by atoms with van der Waals surface area (Å²) in [5.41, 5.74) is 3.85. The van der Waals surface area contributed by atoms with E-state index < -0.39 is 0 Å². The second-order valence-electron chi connectivity index (χ2n) is 8.79. The van der Waals surface area contributed by atoms with Gasteiger partial charge in [0.15, 0.2) is 0 Å². The van der Waals surface area contributed by atoms with Crippen LogP contribution in [-0.2, 0) is 6.54 Å². The maximum atomic E-state index is 13.5. The van der Waals surface area contributed by atoms with Gasteiger partial charge in [-0.05, 0) is 50.2 Å². The van der Waals surface area contributed by atoms with Gasteiger partial charge in [-0.3, -0.25) is 4.79 Å². The molecular formula is C27H34BrN5O. The molecule has 4 rings (SSSR count). The van der Waals surface area contributed by atoms with E-state index in [2.05, 4.69) is 63.3 Å². The van der Waals surface area contributed by atoms with E-state index in [9.17, 15) is 4.79 Å². The van der Waals surface area contributed by atoms with Gasteiger partial charge in [0.05, 0.1) is 17.9 Å². The minimum Gasteiger partial charge on any atom is -0.354 e. The summed E-state index contributed by atoms with van der Waals surface area (Å²) in [4.78, 5) is 20.4. The number of hydrogen-bond donors (Lipinski definition) is 0. The number of anilines is 1. The van der Waals surface area contributed by atoms with Crippen LogP contribution in [0.15, 0.2) is 59.1 Å². The molecule has 1 aromatic heterocycles. The molecular weight excluding hydrogens is 490 g/mol. The van der Waals surface area contributed by atoms with Crippen molar-refractivity contribution in [2.24, 2.45) is 0 Å². The Balaban J connectivity index is 1.72. The van der Waals surface area contributed by atoms with Crippen molar-refractivity contribution in [1.82, 2.24) is 19.6 Å². The van der Waals surface area contributed by atoms with Crippen molar-refractivity contribution in [1.29, 1.82) is 0 Å². The first kappa shape index (κ1) is 24.5. The first-order valence-electron chi connectivity index (χ1n) is 12.2. The van der Waals surface area contributed by atoms with Crippen LogP contribution in [0.5, 0.6) is 0 Å². The molecule has 2 heterocycles. The van der Waals surface area contributed by atoms with Crippen LogP contribution in [0, 0.1) is 6.92 Å². The molecule has 2 aromatic carbocycles. The molecule has 0 radical (unpaired) electrons. The number of nitrogens with zero attached hydrogens (tertiary/aromatic N) is 5. The Labute approximate surface area is 211 Å². The number of hydrogen-bond acceptors (Lipinski definition) is 4. The second-order valence-corrected chi connectivity index (χ2v) is 9.71. The van der Waals surface area contributed by atoms with Crippen molar-refractivity contribution in [3.05, 3.63) is 75.9 Å². The van der Waals surface area contributed by atoms with Gasteiger partial charge in [-0.25, -0.2) is 4.68 Å². The summed E-state index contributed by atoms with van der Waals surface area (Å²) in [5, 5.41) is 4.97. The molecule has 1 saturated heterocycles. The van der Waals surface area contributed by atoms with Crippen molar-refractivity contribution in [3.63, 3.8) is 0 Å². The standard InChI is InChI=1S/C27H34BrN5O/c1-4-14-32(27(34)22-10-9-11-23(28)19-22)20-25-21(3)29-33(24-12-7-6-8-13-24)26(25)31-17-15-30(5-2)16-18-31/h6-13,19H,4-5,14-18,20H2,1-3H3. The first-order valence-corrected chi connectivity index (χ1v) is 13.0. The van der Waals surface area contributed by atoms with Gasteiger partial charge in [0.1, 0.15) is 5.82 Å². The average molecular weight is 525 g/mol. The molecule has 1 fully saturated rings. The summed E-state index contributed by atoms with van der Waals surface area (Å²) < 4.78 is 2.98. The number of amides is 1. The summed E-state index contributed by atoms with van der Waals surface area (Å²) in [5.74, 6) is 1.17. The highest BCUT2D eigenvalue weighted by Gasteiger charge is 2.27. The summed E-state index contributed by atoms with van der Waals surface area (Å²) in [6.07, 6.45) is 0.899. The molecule has 0 N–H and O–H groups in total. The van der Waals surface area contributed by atoms with Crippen LogP contribution >= 0.6 is 15.9 Å². The molecule has 0 spiro atoms. The number of rotatable bonds is 8. The van der Waals surface area contributed by atoms with E-state index >= 15 is 0 Å². The van der Waals surface area contributed by atoms with Crippen LogP contribution in [0.1, 0.15) is 41.9 Å². The Morgan fingerprint density at radius 3 is 2.41 bits per heavy atom. The van der Waals surface area contributed by atoms with Crippen molar-refractivity contribution in [2.45, 2.75) is 33.7 Å². The number of aryl methyl sites for hydroxylation is 1. The van der Waals surface area contributed by atoms with Crippen molar-refractivity contribution in [3.8, 4) is 5.69 Å². The van der Waals surface area contributed by atoms with E-state index in [1.165, 1.54) is 0 Å². The Bertz CT molecular complexity index is 1110. The van der Waals surface area contributed by atoms with E-state index in [1.807, 2.05) is 47.4 Å². The van der Waals surface area contributed by atoms with Crippen LogP contribution in [0.4, 0.5) is 5.82 Å². The van der Waals surface area contributed by atoms with E-state index in [0.717, 1.165) is 66.4 Å². The number of piperazine rings is 1. The van der Waals surface area contributed by atoms with Gasteiger partial charge < -0.3 is 14.7 Å². The van der Waals surface area contributed by atoms with E-state index in [0.29, 0.717) is 18.7 Å². The molecule has 0 saturated carbocycles. The largest absolute Gasteiger partial charge is 0.354 e. The highest BCUT2D eigenvalue weighted by Crippen LogP contribution is 2.30. The van der Waals surface area contributed by atoms with Gasteiger partial charge in [0, 0.05) is 48.3 Å². The summed E-state index contributed by atoms with van der Waals surface area (Å²) in [6.45, 7) is 12.7. The minimum absolute atomic E-state index is 0.0526. The molecule has 1 amide bonds. The maximum Gasteiger partial charge on any atom is 0.254 e. The minimum atomic E-state index is 0.0526. The lowest BCUT2D eigenvalue weighted by molar-refractivity contribution is 0.0743. The predicted octanol–water partition coefficient (Wildman–Crippen LogP) is 5.14. The molecule has 34 heavy (non-hydrogen) atoms. The zero-order valence-electron chi connectivity index (χ0n) is 20.4. The first-order chi connectivity index (χ1) is 16.5. The normalized spacial score (nSPS) is 14.4. The monoisotopic (exact) mass is 523 g/mol. The topological polar surface area (TPSA) is 44.6 Å². The predicted molar refractivity (Wildman–Crippen MR) is 142 cm³/mol. The number of halogens is 1. The molecule has 6 nitrogen and oxygen atoms in total. The van der Waals surface area contributed by atoms with E-state index in [-0.39, 0.29) is 5.91 Å². The number of para-hydroxylation sites is 1. The number of benzene rings is 2. The lowest BCUT2D eigenvalue weighted by Gasteiger charge is -2.36. The Morgan fingerprint density at radius 2 is 1.76 bits per heavy atom. The molecule has 180 valence electrons. The van der Waals surface area contributed by atoms with Crippen LogP contribution in [-0.4, -0.2) is 64.8 Å². The van der Waals surface area contributed by atoms with Crippen LogP contribution in [0.3, 0.4) is 0 Å². The highest BCUT2D eigenvalue weighted by atomic mass is 79.9. The maximum absolute atomic E-state index is 13.5. The quantitative estimate of drug-likeness (QED) is 0.410. The fraction of sp³-hybridized carbons (Fsp3) is 0.407. The third-order valence-corrected chi connectivity index (χ3v) is 6.97. The molecule has 3 aromatic rings. The molecule has 1 aliphatic rings. The van der Waals surface area contributed by atoms with Gasteiger partial charge >= 0.3 is 0 Å². The van der Waals surface area contributed by atoms with Gasteiger partial charge in [-0.2, -0.15) is 5.10 Å². The van der Waals surface area contributed by atoms with Gasteiger partial charge in [-0.1, -0.05) is 54.0 Å². The molecule has 7 heteroatoms. The average Bonchev–Trinajstić information content (AvgIpc) is 3.19. The van der Waals surface area contributed by atoms with E-state index in [1.54, 1.807) is 0 Å². The fourth-order valence-electron chi connectivity index (χ4n) is 4.60. The number of carbonyl (C=O) groups excluding carboxylic acids is 1. The number of carbonyl (C=O) groups is 1. The van der Waals surface area contributed by atoms with Crippen molar-refractivity contribution < 1.29 is 4.79 Å². The van der Waals surface area contributed by atoms with Gasteiger partial charge in [0.2, 0.25) is 0 Å². The molecule has 0 unspecified atom stereocenters. The van der Waals surface area contributed by atoms with Gasteiger partial charge in [0.25, 0.3) is 5.91 Å². The Hall–Kier alpha value is -2.64. The third-order valence-electron chi connectivity index (χ3n) is 6.48. The van der Waals surface area contributed by atoms with Crippen LogP contribution in [0.25, 0.3) is 5.69 Å². The summed E-state index contributed by atoms with van der Waals surface area (Å²) in [7, 11) is 0. The van der Waals surface area contributed by atoms with E-state index in [4.69, 9.17) is 5.10 Å². The Kier molecular flexibility index (Phi) is 8.06. The van der Waals surface area contributed by atoms with Crippen LogP contribution in [0.2, 0.25) is 0 Å². The van der Waals surface area contributed by atoms with Crippen molar-refractivity contribution in [2.75, 3.05) is 44.2 Å². The lowest BCUT2D eigenvalue weighted by atomic mass is 10.1. The zero-order valence-corrected chi connectivity index (χ0v) is 22.0. The molecule has 0 atom stereocenters.